The molecule has 1 aromatic heterocycles. The summed E-state index contributed by atoms with van der Waals surface area (Å²) >= 11 is 1.83. The zero-order chi connectivity index (χ0) is 7.68. The van der Waals surface area contributed by atoms with Gasteiger partial charge in [0.1, 0.15) is 12.1 Å². The summed E-state index contributed by atoms with van der Waals surface area (Å²) in [6.45, 7) is 0. The quantitative estimate of drug-likeness (QED) is 0.681. The lowest BCUT2D eigenvalue weighted by atomic mass is 10.3. The number of hydrogen-bond donors (Lipinski definition) is 1. The van der Waals surface area contributed by atoms with Gasteiger partial charge in [0, 0.05) is 19.2 Å². The van der Waals surface area contributed by atoms with E-state index < -0.39 is 0 Å². The van der Waals surface area contributed by atoms with Gasteiger partial charge in [-0.1, -0.05) is 0 Å². The molecular formula is C7H9N3S. The van der Waals surface area contributed by atoms with Crippen molar-refractivity contribution in [3.05, 3.63) is 12.0 Å². The van der Waals surface area contributed by atoms with E-state index >= 15 is 0 Å². The maximum absolute atomic E-state index is 4.20. The molecule has 0 saturated carbocycles. The topological polar surface area (TPSA) is 37.8 Å². The van der Waals surface area contributed by atoms with Crippen molar-refractivity contribution >= 4 is 17.6 Å². The van der Waals surface area contributed by atoms with E-state index in [1.54, 1.807) is 6.33 Å². The predicted octanol–water partition coefficient (Wildman–Crippen LogP) is 1.17. The summed E-state index contributed by atoms with van der Waals surface area (Å²) in [4.78, 5) is 9.55. The Bertz CT molecular complexity index is 274. The van der Waals surface area contributed by atoms with E-state index in [4.69, 9.17) is 0 Å². The molecule has 1 aromatic rings. The van der Waals surface area contributed by atoms with Crippen molar-refractivity contribution in [3.63, 3.8) is 0 Å². The van der Waals surface area contributed by atoms with E-state index in [2.05, 4.69) is 15.3 Å². The summed E-state index contributed by atoms with van der Waals surface area (Å²) in [5.41, 5.74) is 1.19. The third-order valence-electron chi connectivity index (χ3n) is 1.70. The predicted molar refractivity (Wildman–Crippen MR) is 46.0 cm³/mol. The fourth-order valence-corrected chi connectivity index (χ4v) is 2.28. The average Bonchev–Trinajstić information content (AvgIpc) is 2.50. The average molecular weight is 167 g/mol. The number of anilines is 1. The van der Waals surface area contributed by atoms with Crippen LogP contribution in [0.5, 0.6) is 0 Å². The first-order valence-corrected chi connectivity index (χ1v) is 4.55. The fraction of sp³-hybridized carbons (Fsp3) is 0.429. The number of aryl methyl sites for hydroxylation is 1. The molecule has 0 atom stereocenters. The highest BCUT2D eigenvalue weighted by Gasteiger charge is 2.16. The zero-order valence-corrected chi connectivity index (χ0v) is 7.11. The molecule has 0 spiro atoms. The van der Waals surface area contributed by atoms with Gasteiger partial charge in [-0.2, -0.15) is 0 Å². The number of rotatable bonds is 1. The van der Waals surface area contributed by atoms with Gasteiger partial charge in [0.15, 0.2) is 0 Å². The van der Waals surface area contributed by atoms with Crippen molar-refractivity contribution in [1.29, 1.82) is 0 Å². The number of hydrogen-bond acceptors (Lipinski definition) is 4. The molecule has 2 heterocycles. The second kappa shape index (κ2) is 2.70. The molecule has 3 nitrogen and oxygen atoms in total. The molecule has 0 aromatic carbocycles. The first-order valence-electron chi connectivity index (χ1n) is 3.56. The molecule has 0 saturated heterocycles. The Balaban J connectivity index is 2.50. The summed E-state index contributed by atoms with van der Waals surface area (Å²) in [5.74, 6) is 2.11. The van der Waals surface area contributed by atoms with Crippen LogP contribution >= 0.6 is 11.8 Å². The van der Waals surface area contributed by atoms with Crippen LogP contribution in [0, 0.1) is 0 Å². The molecule has 1 aliphatic heterocycles. The van der Waals surface area contributed by atoms with Gasteiger partial charge in [-0.15, -0.1) is 11.8 Å². The number of nitrogens with zero attached hydrogens (tertiary/aromatic N) is 2. The van der Waals surface area contributed by atoms with E-state index in [-0.39, 0.29) is 0 Å². The van der Waals surface area contributed by atoms with Crippen molar-refractivity contribution in [2.45, 2.75) is 11.3 Å². The van der Waals surface area contributed by atoms with Gasteiger partial charge < -0.3 is 5.32 Å². The molecule has 0 fully saturated rings. The summed E-state index contributed by atoms with van der Waals surface area (Å²) < 4.78 is 0. The highest BCUT2D eigenvalue weighted by molar-refractivity contribution is 7.99. The van der Waals surface area contributed by atoms with Gasteiger partial charge in [0.2, 0.25) is 0 Å². The minimum atomic E-state index is 0.970. The SMILES string of the molecule is CNc1ncnc2c1SCC2. The van der Waals surface area contributed by atoms with Crippen LogP contribution in [0.1, 0.15) is 5.69 Å². The Labute approximate surface area is 69.6 Å². The molecule has 58 valence electrons. The normalized spacial score (nSPS) is 14.6. The lowest BCUT2D eigenvalue weighted by molar-refractivity contribution is 0.977. The molecule has 0 bridgehead atoms. The van der Waals surface area contributed by atoms with Gasteiger partial charge >= 0.3 is 0 Å². The standard InChI is InChI=1S/C7H9N3S/c1-8-7-6-5(2-3-11-6)9-4-10-7/h4H,2-3H2,1H3,(H,8,9,10). The Hall–Kier alpha value is -0.770. The Morgan fingerprint density at radius 3 is 3.27 bits per heavy atom. The summed E-state index contributed by atoms with van der Waals surface area (Å²) in [6.07, 6.45) is 2.70. The van der Waals surface area contributed by atoms with Crippen LogP contribution in [0.4, 0.5) is 5.82 Å². The number of aromatic nitrogens is 2. The lowest BCUT2D eigenvalue weighted by Gasteiger charge is -2.02. The molecule has 0 aliphatic carbocycles. The van der Waals surface area contributed by atoms with Crippen LogP contribution in [0.25, 0.3) is 0 Å². The Morgan fingerprint density at radius 1 is 1.55 bits per heavy atom. The smallest absolute Gasteiger partial charge is 0.143 e. The highest BCUT2D eigenvalue weighted by atomic mass is 32.2. The minimum absolute atomic E-state index is 0.970. The van der Waals surface area contributed by atoms with Crippen LogP contribution in [0.2, 0.25) is 0 Å². The fourth-order valence-electron chi connectivity index (χ4n) is 1.17. The molecule has 1 N–H and O–H groups in total. The van der Waals surface area contributed by atoms with Crippen LogP contribution in [0.15, 0.2) is 11.2 Å². The maximum Gasteiger partial charge on any atom is 0.143 e. The number of fused-ring (bicyclic) bond motifs is 1. The second-order valence-corrected chi connectivity index (χ2v) is 3.45. The van der Waals surface area contributed by atoms with Gasteiger partial charge in [-0.05, 0) is 0 Å². The van der Waals surface area contributed by atoms with Crippen LogP contribution in [0.3, 0.4) is 0 Å². The molecule has 0 radical (unpaired) electrons. The highest BCUT2D eigenvalue weighted by Crippen LogP contribution is 2.33. The zero-order valence-electron chi connectivity index (χ0n) is 6.29. The minimum Gasteiger partial charge on any atom is -0.372 e. The van der Waals surface area contributed by atoms with Crippen molar-refractivity contribution in [3.8, 4) is 0 Å². The van der Waals surface area contributed by atoms with Crippen LogP contribution in [-0.2, 0) is 6.42 Å². The van der Waals surface area contributed by atoms with Crippen molar-refractivity contribution in [1.82, 2.24) is 9.97 Å². The molecule has 0 unspecified atom stereocenters. The molecular weight excluding hydrogens is 158 g/mol. The van der Waals surface area contributed by atoms with Gasteiger partial charge in [0.05, 0.1) is 10.6 Å². The first-order chi connectivity index (χ1) is 5.42. The second-order valence-electron chi connectivity index (χ2n) is 2.35. The van der Waals surface area contributed by atoms with Crippen molar-refractivity contribution in [2.24, 2.45) is 0 Å². The molecule has 0 amide bonds. The largest absolute Gasteiger partial charge is 0.372 e. The van der Waals surface area contributed by atoms with E-state index in [0.29, 0.717) is 0 Å². The molecule has 2 rings (SSSR count). The van der Waals surface area contributed by atoms with Gasteiger partial charge in [0.25, 0.3) is 0 Å². The Kier molecular flexibility index (Phi) is 1.69. The van der Waals surface area contributed by atoms with E-state index in [1.807, 2.05) is 18.8 Å². The molecule has 11 heavy (non-hydrogen) atoms. The van der Waals surface area contributed by atoms with Crippen LogP contribution < -0.4 is 5.32 Å². The van der Waals surface area contributed by atoms with Crippen LogP contribution in [-0.4, -0.2) is 22.8 Å². The summed E-state index contributed by atoms with van der Waals surface area (Å²) in [5, 5.41) is 3.06. The third-order valence-corrected chi connectivity index (χ3v) is 2.83. The van der Waals surface area contributed by atoms with E-state index in [1.165, 1.54) is 10.6 Å². The van der Waals surface area contributed by atoms with Crippen molar-refractivity contribution in [2.75, 3.05) is 18.1 Å². The number of nitrogens with one attached hydrogen (secondary N) is 1. The number of thioether (sulfide) groups is 1. The van der Waals surface area contributed by atoms with E-state index in [9.17, 15) is 0 Å². The first kappa shape index (κ1) is 6.91. The Morgan fingerprint density at radius 2 is 2.45 bits per heavy atom. The third kappa shape index (κ3) is 1.07. The monoisotopic (exact) mass is 167 g/mol. The van der Waals surface area contributed by atoms with Gasteiger partial charge in [-0.3, -0.25) is 0 Å². The molecule has 4 heteroatoms. The summed E-state index contributed by atoms with van der Waals surface area (Å²) in [7, 11) is 1.89. The van der Waals surface area contributed by atoms with E-state index in [0.717, 1.165) is 18.0 Å². The molecule has 1 aliphatic rings. The lowest BCUT2D eigenvalue weighted by Crippen LogP contribution is -1.97. The van der Waals surface area contributed by atoms with Crippen molar-refractivity contribution < 1.29 is 0 Å². The van der Waals surface area contributed by atoms with Gasteiger partial charge in [-0.25, -0.2) is 9.97 Å². The maximum atomic E-state index is 4.20. The summed E-state index contributed by atoms with van der Waals surface area (Å²) in [6, 6.07) is 0.